The smallest absolute Gasteiger partial charge is 0.266 e. The van der Waals surface area contributed by atoms with Gasteiger partial charge in [-0.25, -0.2) is 5.43 Å². The Kier molecular flexibility index (Phi) is 5.18. The fourth-order valence-electron chi connectivity index (χ4n) is 2.76. The molecule has 6 heteroatoms. The highest BCUT2D eigenvalue weighted by molar-refractivity contribution is 5.94. The van der Waals surface area contributed by atoms with Crippen molar-refractivity contribution in [2.24, 2.45) is 0 Å². The molecule has 0 aliphatic carbocycles. The molecule has 1 aliphatic rings. The minimum atomic E-state index is -0.607. The minimum Gasteiger partial charge on any atom is -0.341 e. The van der Waals surface area contributed by atoms with Crippen LogP contribution < -0.4 is 10.9 Å². The van der Waals surface area contributed by atoms with Crippen LogP contribution in [0.25, 0.3) is 0 Å². The summed E-state index contributed by atoms with van der Waals surface area (Å²) >= 11 is 0. The molecule has 24 heavy (non-hydrogen) atoms. The van der Waals surface area contributed by atoms with Crippen LogP contribution in [0, 0.1) is 0 Å². The van der Waals surface area contributed by atoms with E-state index in [0.29, 0.717) is 5.56 Å². The van der Waals surface area contributed by atoms with E-state index >= 15 is 0 Å². The number of benzene rings is 1. The highest BCUT2D eigenvalue weighted by atomic mass is 16.2. The van der Waals surface area contributed by atoms with E-state index in [1.165, 1.54) is 6.20 Å². The zero-order chi connectivity index (χ0) is 16.8. The molecule has 2 N–H and O–H groups in total. The molecule has 1 aromatic heterocycles. The summed E-state index contributed by atoms with van der Waals surface area (Å²) in [6.07, 6.45) is 5.13. The predicted octanol–water partition coefficient (Wildman–Crippen LogP) is 1.68. The number of hydrazine groups is 1. The van der Waals surface area contributed by atoms with Crippen molar-refractivity contribution >= 4 is 11.8 Å². The molecule has 124 valence electrons. The molecule has 0 radical (unpaired) electrons. The maximum atomic E-state index is 12.8. The Morgan fingerprint density at radius 1 is 1.04 bits per heavy atom. The van der Waals surface area contributed by atoms with Crippen molar-refractivity contribution in [2.75, 3.05) is 13.1 Å². The lowest BCUT2D eigenvalue weighted by Gasteiger charge is -2.24. The Bertz CT molecular complexity index is 685. The average molecular weight is 324 g/mol. The van der Waals surface area contributed by atoms with Gasteiger partial charge in [-0.2, -0.15) is 0 Å². The van der Waals surface area contributed by atoms with Gasteiger partial charge in [-0.1, -0.05) is 30.3 Å². The van der Waals surface area contributed by atoms with Crippen molar-refractivity contribution < 1.29 is 9.59 Å². The molecule has 3 rings (SSSR count). The number of aromatic nitrogens is 1. The van der Waals surface area contributed by atoms with Gasteiger partial charge in [0.15, 0.2) is 0 Å². The molecule has 2 heterocycles. The lowest BCUT2D eigenvalue weighted by molar-refractivity contribution is -0.132. The number of pyridine rings is 1. The minimum absolute atomic E-state index is 0.0230. The highest BCUT2D eigenvalue weighted by Crippen LogP contribution is 2.18. The number of likely N-dealkylation sites (tertiary alicyclic amines) is 1. The van der Waals surface area contributed by atoms with Gasteiger partial charge in [-0.15, -0.1) is 0 Å². The lowest BCUT2D eigenvalue weighted by atomic mass is 10.1. The summed E-state index contributed by atoms with van der Waals surface area (Å²) in [4.78, 5) is 30.7. The Balaban J connectivity index is 1.72. The van der Waals surface area contributed by atoms with Gasteiger partial charge in [0.1, 0.15) is 6.04 Å². The molecule has 2 aromatic rings. The second-order valence-corrected chi connectivity index (χ2v) is 5.72. The van der Waals surface area contributed by atoms with Crippen molar-refractivity contribution in [3.8, 4) is 0 Å². The first kappa shape index (κ1) is 16.1. The van der Waals surface area contributed by atoms with Crippen LogP contribution in [0.1, 0.15) is 34.8 Å². The first-order valence-electron chi connectivity index (χ1n) is 8.05. The monoisotopic (exact) mass is 324 g/mol. The summed E-state index contributed by atoms with van der Waals surface area (Å²) in [5.74, 6) is -0.344. The van der Waals surface area contributed by atoms with Gasteiger partial charge in [0.05, 0.1) is 5.56 Å². The van der Waals surface area contributed by atoms with Crippen LogP contribution in [-0.2, 0) is 4.79 Å². The molecule has 1 aliphatic heterocycles. The van der Waals surface area contributed by atoms with Crippen molar-refractivity contribution in [1.82, 2.24) is 20.7 Å². The third-order valence-corrected chi connectivity index (χ3v) is 4.05. The third kappa shape index (κ3) is 3.78. The van der Waals surface area contributed by atoms with Gasteiger partial charge < -0.3 is 4.90 Å². The fraction of sp³-hybridized carbons (Fsp3) is 0.278. The summed E-state index contributed by atoms with van der Waals surface area (Å²) < 4.78 is 0. The Labute approximate surface area is 140 Å². The summed E-state index contributed by atoms with van der Waals surface area (Å²) in [5.41, 5.74) is 6.77. The van der Waals surface area contributed by atoms with Crippen LogP contribution in [0.4, 0.5) is 0 Å². The maximum absolute atomic E-state index is 12.8. The van der Waals surface area contributed by atoms with Crippen LogP contribution in [0.3, 0.4) is 0 Å². The van der Waals surface area contributed by atoms with Crippen molar-refractivity contribution in [1.29, 1.82) is 0 Å². The van der Waals surface area contributed by atoms with Gasteiger partial charge in [0.2, 0.25) is 5.91 Å². The zero-order valence-electron chi connectivity index (χ0n) is 13.3. The molecule has 0 saturated carbocycles. The number of rotatable bonds is 5. The van der Waals surface area contributed by atoms with E-state index in [1.807, 2.05) is 35.2 Å². The number of nitrogens with zero attached hydrogens (tertiary/aromatic N) is 2. The standard InChI is InChI=1S/C18H20N4O2/c23-17(15-9-6-10-19-13-15)21-20-16(14-7-2-1-3-8-14)18(24)22-11-4-5-12-22/h1-3,6-10,13,16,20H,4-5,11-12H2,(H,21,23)/t16-/m1/s1. The summed E-state index contributed by atoms with van der Waals surface area (Å²) in [5, 5.41) is 0. The van der Waals surface area contributed by atoms with Crippen LogP contribution in [0.15, 0.2) is 54.9 Å². The topological polar surface area (TPSA) is 74.3 Å². The molecule has 1 aromatic carbocycles. The summed E-state index contributed by atoms with van der Waals surface area (Å²) in [6, 6.07) is 12.2. The van der Waals surface area contributed by atoms with Crippen LogP contribution in [-0.4, -0.2) is 34.8 Å². The Morgan fingerprint density at radius 2 is 1.79 bits per heavy atom. The van der Waals surface area contributed by atoms with E-state index in [-0.39, 0.29) is 11.8 Å². The molecule has 1 atom stereocenters. The number of hydrogen-bond donors (Lipinski definition) is 2. The maximum Gasteiger partial charge on any atom is 0.266 e. The molecule has 0 bridgehead atoms. The average Bonchev–Trinajstić information content (AvgIpc) is 3.18. The SMILES string of the molecule is O=C(NN[C@@H](C(=O)N1CCCC1)c1ccccc1)c1cccnc1. The van der Waals surface area contributed by atoms with Gasteiger partial charge in [0, 0.05) is 25.5 Å². The van der Waals surface area contributed by atoms with Crippen molar-refractivity contribution in [2.45, 2.75) is 18.9 Å². The molecular formula is C18H20N4O2. The van der Waals surface area contributed by atoms with Crippen LogP contribution in [0.2, 0.25) is 0 Å². The quantitative estimate of drug-likeness (QED) is 0.821. The third-order valence-electron chi connectivity index (χ3n) is 4.05. The van der Waals surface area contributed by atoms with E-state index < -0.39 is 6.04 Å². The second kappa shape index (κ2) is 7.70. The first-order valence-corrected chi connectivity index (χ1v) is 8.05. The molecule has 6 nitrogen and oxygen atoms in total. The van der Waals surface area contributed by atoms with Gasteiger partial charge in [-0.3, -0.25) is 20.0 Å². The van der Waals surface area contributed by atoms with E-state index in [0.717, 1.165) is 31.5 Å². The first-order chi connectivity index (χ1) is 11.8. The molecule has 1 saturated heterocycles. The van der Waals surface area contributed by atoms with E-state index in [2.05, 4.69) is 15.8 Å². The van der Waals surface area contributed by atoms with Gasteiger partial charge in [0.25, 0.3) is 5.91 Å². The molecule has 0 spiro atoms. The predicted molar refractivity (Wildman–Crippen MR) is 89.8 cm³/mol. The highest BCUT2D eigenvalue weighted by Gasteiger charge is 2.28. The lowest BCUT2D eigenvalue weighted by Crippen LogP contribution is -2.47. The molecule has 1 fully saturated rings. The summed E-state index contributed by atoms with van der Waals surface area (Å²) in [6.45, 7) is 1.53. The van der Waals surface area contributed by atoms with E-state index in [4.69, 9.17) is 0 Å². The molecular weight excluding hydrogens is 304 g/mol. The van der Waals surface area contributed by atoms with Crippen molar-refractivity contribution in [3.05, 3.63) is 66.0 Å². The number of hydrogen-bond acceptors (Lipinski definition) is 4. The Hall–Kier alpha value is -2.73. The van der Waals surface area contributed by atoms with E-state index in [9.17, 15) is 9.59 Å². The van der Waals surface area contributed by atoms with Crippen LogP contribution in [0.5, 0.6) is 0 Å². The number of carbonyl (C=O) groups is 2. The molecule has 0 unspecified atom stereocenters. The largest absolute Gasteiger partial charge is 0.341 e. The van der Waals surface area contributed by atoms with Gasteiger partial charge in [-0.05, 0) is 30.5 Å². The number of amides is 2. The van der Waals surface area contributed by atoms with Gasteiger partial charge >= 0.3 is 0 Å². The second-order valence-electron chi connectivity index (χ2n) is 5.72. The fourth-order valence-corrected chi connectivity index (χ4v) is 2.76. The zero-order valence-corrected chi connectivity index (χ0v) is 13.3. The molecule has 2 amide bonds. The summed E-state index contributed by atoms with van der Waals surface area (Å²) in [7, 11) is 0. The van der Waals surface area contributed by atoms with Crippen LogP contribution >= 0.6 is 0 Å². The number of nitrogens with one attached hydrogen (secondary N) is 2. The Morgan fingerprint density at radius 3 is 2.46 bits per heavy atom. The van der Waals surface area contributed by atoms with Crippen molar-refractivity contribution in [3.63, 3.8) is 0 Å². The normalized spacial score (nSPS) is 15.1. The number of carbonyl (C=O) groups excluding carboxylic acids is 2. The van der Waals surface area contributed by atoms with E-state index in [1.54, 1.807) is 18.3 Å².